The van der Waals surface area contributed by atoms with Crippen LogP contribution in [0.25, 0.3) is 28.2 Å². The fourth-order valence-electron chi connectivity index (χ4n) is 2.72. The minimum Gasteiger partial charge on any atom is -0.399 e. The standard InChI is InChI=1S/C18H11F4N5/c19-14-5-4-11(7-13(14)10-2-1-3-12(23)6-10)15-8-24-17-26-16(18(20,21)22)9-25-27(15)17/h1-9H,23H2. The largest absolute Gasteiger partial charge is 0.435 e. The van der Waals surface area contributed by atoms with Gasteiger partial charge in [-0.2, -0.15) is 22.8 Å². The molecule has 4 rings (SSSR count). The van der Waals surface area contributed by atoms with Gasteiger partial charge in [0.2, 0.25) is 0 Å². The topological polar surface area (TPSA) is 69.1 Å². The Labute approximate surface area is 150 Å². The van der Waals surface area contributed by atoms with E-state index >= 15 is 0 Å². The number of imidazole rings is 1. The first-order chi connectivity index (χ1) is 12.8. The number of nitrogen functional groups attached to an aromatic ring is 1. The van der Waals surface area contributed by atoms with E-state index in [9.17, 15) is 17.6 Å². The SMILES string of the molecule is Nc1cccc(-c2cc(-c3cnc4nc(C(F)(F)F)cnn34)ccc2F)c1. The Hall–Kier alpha value is -3.49. The Kier molecular flexibility index (Phi) is 3.79. The van der Waals surface area contributed by atoms with Gasteiger partial charge in [0.05, 0.1) is 18.1 Å². The van der Waals surface area contributed by atoms with Crippen molar-refractivity contribution in [2.75, 3.05) is 5.73 Å². The molecular formula is C18H11F4N5. The van der Waals surface area contributed by atoms with Crippen LogP contribution in [0.4, 0.5) is 23.2 Å². The number of hydrogen-bond donors (Lipinski definition) is 1. The zero-order chi connectivity index (χ0) is 19.2. The number of fused-ring (bicyclic) bond motifs is 1. The van der Waals surface area contributed by atoms with Gasteiger partial charge in [-0.1, -0.05) is 12.1 Å². The molecule has 27 heavy (non-hydrogen) atoms. The van der Waals surface area contributed by atoms with Crippen molar-refractivity contribution in [1.29, 1.82) is 0 Å². The van der Waals surface area contributed by atoms with Gasteiger partial charge in [-0.15, -0.1) is 0 Å². The number of benzene rings is 2. The molecule has 0 amide bonds. The molecular weight excluding hydrogens is 362 g/mol. The average molecular weight is 373 g/mol. The number of rotatable bonds is 2. The maximum absolute atomic E-state index is 14.3. The van der Waals surface area contributed by atoms with Crippen molar-refractivity contribution in [1.82, 2.24) is 19.6 Å². The first kappa shape index (κ1) is 17.0. The van der Waals surface area contributed by atoms with Crippen molar-refractivity contribution >= 4 is 11.5 Å². The molecule has 2 N–H and O–H groups in total. The second-order valence-corrected chi connectivity index (χ2v) is 5.81. The monoisotopic (exact) mass is 373 g/mol. The fourth-order valence-corrected chi connectivity index (χ4v) is 2.72. The Bertz CT molecular complexity index is 1150. The lowest BCUT2D eigenvalue weighted by Crippen LogP contribution is -2.11. The smallest absolute Gasteiger partial charge is 0.399 e. The van der Waals surface area contributed by atoms with Crippen molar-refractivity contribution < 1.29 is 17.6 Å². The summed E-state index contributed by atoms with van der Waals surface area (Å²) >= 11 is 0. The third kappa shape index (κ3) is 3.07. The Balaban J connectivity index is 1.83. The number of halogens is 4. The highest BCUT2D eigenvalue weighted by Crippen LogP contribution is 2.31. The van der Waals surface area contributed by atoms with E-state index in [1.54, 1.807) is 30.3 Å². The van der Waals surface area contributed by atoms with Crippen LogP contribution in [-0.2, 0) is 6.18 Å². The minimum atomic E-state index is -4.61. The van der Waals surface area contributed by atoms with Gasteiger partial charge in [0, 0.05) is 16.8 Å². The molecule has 0 radical (unpaired) electrons. The van der Waals surface area contributed by atoms with E-state index in [2.05, 4.69) is 15.1 Å². The van der Waals surface area contributed by atoms with Gasteiger partial charge in [-0.25, -0.2) is 14.4 Å². The van der Waals surface area contributed by atoms with Crippen LogP contribution in [0, 0.1) is 5.82 Å². The third-order valence-corrected chi connectivity index (χ3v) is 3.99. The summed E-state index contributed by atoms with van der Waals surface area (Å²) < 4.78 is 53.8. The summed E-state index contributed by atoms with van der Waals surface area (Å²) in [4.78, 5) is 7.36. The zero-order valence-electron chi connectivity index (χ0n) is 13.6. The molecule has 0 aliphatic carbocycles. The second kappa shape index (κ2) is 6.04. The summed E-state index contributed by atoms with van der Waals surface area (Å²) in [5, 5.41) is 3.78. The molecule has 2 aromatic heterocycles. The molecule has 2 aromatic carbocycles. The molecule has 4 aromatic rings. The summed E-state index contributed by atoms with van der Waals surface area (Å²) in [6.45, 7) is 0. The molecule has 0 spiro atoms. The summed E-state index contributed by atoms with van der Waals surface area (Å²) in [6, 6.07) is 11.1. The van der Waals surface area contributed by atoms with E-state index in [1.165, 1.54) is 22.8 Å². The number of aromatic nitrogens is 4. The molecule has 136 valence electrons. The van der Waals surface area contributed by atoms with Crippen LogP contribution in [-0.4, -0.2) is 19.6 Å². The van der Waals surface area contributed by atoms with Gasteiger partial charge in [0.1, 0.15) is 5.82 Å². The predicted octanol–water partition coefficient (Wildman–Crippen LogP) is 4.20. The predicted molar refractivity (Wildman–Crippen MR) is 91.0 cm³/mol. The van der Waals surface area contributed by atoms with E-state index in [0.717, 1.165) is 0 Å². The average Bonchev–Trinajstić information content (AvgIpc) is 3.05. The molecule has 0 saturated carbocycles. The van der Waals surface area contributed by atoms with E-state index in [-0.39, 0.29) is 5.78 Å². The molecule has 0 aliphatic rings. The zero-order valence-corrected chi connectivity index (χ0v) is 13.6. The summed E-state index contributed by atoms with van der Waals surface area (Å²) in [5.41, 5.74) is 6.89. The lowest BCUT2D eigenvalue weighted by Gasteiger charge is -2.08. The van der Waals surface area contributed by atoms with Gasteiger partial charge >= 0.3 is 6.18 Å². The molecule has 2 heterocycles. The maximum atomic E-state index is 14.3. The molecule has 0 fully saturated rings. The van der Waals surface area contributed by atoms with Gasteiger partial charge < -0.3 is 5.73 Å². The normalized spacial score (nSPS) is 11.9. The van der Waals surface area contributed by atoms with Crippen molar-refractivity contribution in [2.45, 2.75) is 6.18 Å². The summed E-state index contributed by atoms with van der Waals surface area (Å²) in [7, 11) is 0. The van der Waals surface area contributed by atoms with Crippen LogP contribution in [0.15, 0.2) is 54.9 Å². The number of nitrogens with two attached hydrogens (primary N) is 1. The van der Waals surface area contributed by atoms with Crippen molar-refractivity contribution in [3.63, 3.8) is 0 Å². The maximum Gasteiger partial charge on any atom is 0.435 e. The highest BCUT2D eigenvalue weighted by Gasteiger charge is 2.33. The number of nitrogens with zero attached hydrogens (tertiary/aromatic N) is 4. The Morgan fingerprint density at radius 2 is 1.78 bits per heavy atom. The van der Waals surface area contributed by atoms with Crippen LogP contribution in [0.1, 0.15) is 5.69 Å². The van der Waals surface area contributed by atoms with Gasteiger partial charge in [0.25, 0.3) is 5.78 Å². The van der Waals surface area contributed by atoms with E-state index in [0.29, 0.717) is 34.3 Å². The van der Waals surface area contributed by atoms with Crippen molar-refractivity contribution in [3.8, 4) is 22.4 Å². The molecule has 0 aliphatic heterocycles. The Morgan fingerprint density at radius 3 is 2.52 bits per heavy atom. The third-order valence-electron chi connectivity index (χ3n) is 3.99. The quantitative estimate of drug-likeness (QED) is 0.422. The molecule has 9 heteroatoms. The second-order valence-electron chi connectivity index (χ2n) is 5.81. The van der Waals surface area contributed by atoms with Gasteiger partial charge in [-0.05, 0) is 35.9 Å². The van der Waals surface area contributed by atoms with E-state index in [1.807, 2.05) is 0 Å². The van der Waals surface area contributed by atoms with Crippen LogP contribution < -0.4 is 5.73 Å². The lowest BCUT2D eigenvalue weighted by molar-refractivity contribution is -0.141. The summed E-state index contributed by atoms with van der Waals surface area (Å²) in [5.74, 6) is -0.654. The van der Waals surface area contributed by atoms with Crippen LogP contribution >= 0.6 is 0 Å². The van der Waals surface area contributed by atoms with E-state index < -0.39 is 17.7 Å². The number of anilines is 1. The highest BCUT2D eigenvalue weighted by atomic mass is 19.4. The number of hydrogen-bond acceptors (Lipinski definition) is 4. The van der Waals surface area contributed by atoms with Crippen LogP contribution in [0.3, 0.4) is 0 Å². The molecule has 0 unspecified atom stereocenters. The first-order valence-corrected chi connectivity index (χ1v) is 7.77. The Morgan fingerprint density at radius 1 is 0.963 bits per heavy atom. The van der Waals surface area contributed by atoms with Gasteiger partial charge in [0.15, 0.2) is 5.69 Å². The molecule has 0 bridgehead atoms. The van der Waals surface area contributed by atoms with Crippen LogP contribution in [0.2, 0.25) is 0 Å². The summed E-state index contributed by atoms with van der Waals surface area (Å²) in [6.07, 6.45) is -2.65. The molecule has 0 atom stereocenters. The minimum absolute atomic E-state index is 0.199. The van der Waals surface area contributed by atoms with E-state index in [4.69, 9.17) is 5.73 Å². The highest BCUT2D eigenvalue weighted by molar-refractivity contribution is 5.74. The van der Waals surface area contributed by atoms with Crippen molar-refractivity contribution in [3.05, 3.63) is 66.4 Å². The fraction of sp³-hybridized carbons (Fsp3) is 0.0556. The van der Waals surface area contributed by atoms with Crippen molar-refractivity contribution in [2.24, 2.45) is 0 Å². The van der Waals surface area contributed by atoms with Gasteiger partial charge in [-0.3, -0.25) is 0 Å². The number of alkyl halides is 3. The van der Waals surface area contributed by atoms with Crippen LogP contribution in [0.5, 0.6) is 0 Å². The first-order valence-electron chi connectivity index (χ1n) is 7.77. The molecule has 0 saturated heterocycles. The lowest BCUT2D eigenvalue weighted by atomic mass is 10.0. The molecule has 5 nitrogen and oxygen atoms in total.